The summed E-state index contributed by atoms with van der Waals surface area (Å²) >= 11 is 0. The van der Waals surface area contributed by atoms with E-state index in [4.69, 9.17) is 4.74 Å². The first-order valence-electron chi connectivity index (χ1n) is 7.69. The third-order valence-corrected chi connectivity index (χ3v) is 3.58. The van der Waals surface area contributed by atoms with Gasteiger partial charge in [-0.25, -0.2) is 0 Å². The number of ether oxygens (including phenoxy) is 1. The van der Waals surface area contributed by atoms with E-state index in [-0.39, 0.29) is 19.1 Å². The third kappa shape index (κ3) is 6.99. The molecule has 0 saturated carbocycles. The van der Waals surface area contributed by atoms with Gasteiger partial charge < -0.3 is 19.6 Å². The minimum Gasteiger partial charge on any atom is -0.389 e. The quantitative estimate of drug-likeness (QED) is 0.723. The molecule has 0 aliphatic rings. The Balaban J connectivity index is 2.47. The molecular weight excluding hydrogens is 294 g/mol. The number of hydrogen-bond donors (Lipinski definition) is 1. The number of amides is 1. The van der Waals surface area contributed by atoms with E-state index in [1.165, 1.54) is 0 Å². The van der Waals surface area contributed by atoms with Crippen LogP contribution in [0.15, 0.2) is 24.3 Å². The van der Waals surface area contributed by atoms with E-state index in [9.17, 15) is 9.90 Å². The van der Waals surface area contributed by atoms with Crippen molar-refractivity contribution in [1.29, 1.82) is 0 Å². The van der Waals surface area contributed by atoms with Crippen LogP contribution in [0.5, 0.6) is 0 Å². The molecule has 0 aromatic heterocycles. The third-order valence-electron chi connectivity index (χ3n) is 3.58. The lowest BCUT2D eigenvalue weighted by molar-refractivity contribution is -0.131. The number of aliphatic hydroxyl groups excluding tert-OH is 1. The molecule has 0 saturated heterocycles. The molecule has 1 aromatic rings. The lowest BCUT2D eigenvalue weighted by Gasteiger charge is -2.23. The molecule has 1 rings (SSSR count). The summed E-state index contributed by atoms with van der Waals surface area (Å²) in [5.41, 5.74) is 2.23. The Morgan fingerprint density at radius 2 is 1.78 bits per heavy atom. The van der Waals surface area contributed by atoms with Crippen molar-refractivity contribution in [2.45, 2.75) is 12.6 Å². The second-order valence-electron chi connectivity index (χ2n) is 6.12. The number of hydrogen-bond acceptors (Lipinski definition) is 5. The number of carbonyl (C=O) groups is 1. The number of benzene rings is 1. The number of methoxy groups -OCH3 is 1. The number of rotatable bonds is 9. The number of likely N-dealkylation sites (N-methyl/N-ethyl adjacent to an activating group) is 2. The Labute approximate surface area is 139 Å². The van der Waals surface area contributed by atoms with E-state index in [1.54, 1.807) is 24.0 Å². The van der Waals surface area contributed by atoms with E-state index < -0.39 is 6.10 Å². The van der Waals surface area contributed by atoms with Gasteiger partial charge in [0.25, 0.3) is 0 Å². The molecule has 1 atom stereocenters. The van der Waals surface area contributed by atoms with Crippen LogP contribution in [0.2, 0.25) is 0 Å². The molecule has 6 heteroatoms. The van der Waals surface area contributed by atoms with Gasteiger partial charge in [-0.15, -0.1) is 0 Å². The maximum absolute atomic E-state index is 12.2. The first kappa shape index (κ1) is 19.4. The highest BCUT2D eigenvalue weighted by atomic mass is 16.5. The topological polar surface area (TPSA) is 56.3 Å². The standard InChI is InChI=1S/C17H29N3O3/c1-18(2)15-8-6-14(7-9-15)10-20(4)17(22)12-19(3)11-16(21)13-23-5/h6-9,16,21H,10-13H2,1-5H3. The van der Waals surface area contributed by atoms with Crippen LogP contribution in [-0.2, 0) is 16.1 Å². The van der Waals surface area contributed by atoms with Crippen molar-refractivity contribution < 1.29 is 14.6 Å². The normalized spacial score (nSPS) is 12.3. The summed E-state index contributed by atoms with van der Waals surface area (Å²) in [6.07, 6.45) is -0.582. The SMILES string of the molecule is COCC(O)CN(C)CC(=O)N(C)Cc1ccc(N(C)C)cc1. The maximum Gasteiger partial charge on any atom is 0.236 e. The van der Waals surface area contributed by atoms with E-state index in [2.05, 4.69) is 0 Å². The fourth-order valence-corrected chi connectivity index (χ4v) is 2.28. The van der Waals surface area contributed by atoms with E-state index in [1.807, 2.05) is 50.3 Å². The molecule has 0 heterocycles. The minimum absolute atomic E-state index is 0.0220. The monoisotopic (exact) mass is 323 g/mol. The molecule has 0 radical (unpaired) electrons. The molecule has 6 nitrogen and oxygen atoms in total. The molecule has 0 fully saturated rings. The van der Waals surface area contributed by atoms with Crippen molar-refractivity contribution in [1.82, 2.24) is 9.80 Å². The molecular formula is C17H29N3O3. The number of nitrogens with zero attached hydrogens (tertiary/aromatic N) is 3. The van der Waals surface area contributed by atoms with Gasteiger partial charge in [0.2, 0.25) is 5.91 Å². The predicted molar refractivity (Wildman–Crippen MR) is 92.6 cm³/mol. The van der Waals surface area contributed by atoms with Crippen LogP contribution in [0.1, 0.15) is 5.56 Å². The zero-order valence-electron chi connectivity index (χ0n) is 14.8. The lowest BCUT2D eigenvalue weighted by atomic mass is 10.2. The fraction of sp³-hybridized carbons (Fsp3) is 0.588. The van der Waals surface area contributed by atoms with E-state index in [0.29, 0.717) is 13.1 Å². The predicted octanol–water partition coefficient (Wildman–Crippen LogP) is 0.650. The molecule has 23 heavy (non-hydrogen) atoms. The van der Waals surface area contributed by atoms with E-state index >= 15 is 0 Å². The minimum atomic E-state index is -0.582. The number of aliphatic hydroxyl groups is 1. The second kappa shape index (κ2) is 9.50. The highest BCUT2D eigenvalue weighted by Crippen LogP contribution is 2.13. The summed E-state index contributed by atoms with van der Waals surface area (Å²) < 4.78 is 4.89. The Morgan fingerprint density at radius 1 is 1.17 bits per heavy atom. The zero-order valence-corrected chi connectivity index (χ0v) is 14.8. The Bertz CT molecular complexity index is 476. The molecule has 1 unspecified atom stereocenters. The average Bonchev–Trinajstić information content (AvgIpc) is 2.47. The van der Waals surface area contributed by atoms with Gasteiger partial charge in [-0.3, -0.25) is 9.69 Å². The van der Waals surface area contributed by atoms with Gasteiger partial charge in [-0.2, -0.15) is 0 Å². The van der Waals surface area contributed by atoms with E-state index in [0.717, 1.165) is 11.3 Å². The smallest absolute Gasteiger partial charge is 0.236 e. The van der Waals surface area contributed by atoms with Gasteiger partial charge >= 0.3 is 0 Å². The lowest BCUT2D eigenvalue weighted by Crippen LogP contribution is -2.40. The number of carbonyl (C=O) groups excluding carboxylic acids is 1. The van der Waals surface area contributed by atoms with Crippen molar-refractivity contribution in [2.75, 3.05) is 59.9 Å². The van der Waals surface area contributed by atoms with Crippen molar-refractivity contribution in [3.8, 4) is 0 Å². The molecule has 0 spiro atoms. The van der Waals surface area contributed by atoms with Gasteiger partial charge in [0.05, 0.1) is 19.3 Å². The summed E-state index contributed by atoms with van der Waals surface area (Å²) in [7, 11) is 9.15. The highest BCUT2D eigenvalue weighted by Gasteiger charge is 2.14. The largest absolute Gasteiger partial charge is 0.389 e. The summed E-state index contributed by atoms with van der Waals surface area (Å²) in [6.45, 7) is 1.52. The average molecular weight is 323 g/mol. The molecule has 1 aromatic carbocycles. The number of anilines is 1. The van der Waals surface area contributed by atoms with Gasteiger partial charge in [0, 0.05) is 47.0 Å². The molecule has 130 valence electrons. The van der Waals surface area contributed by atoms with Crippen molar-refractivity contribution in [2.24, 2.45) is 0 Å². The van der Waals surface area contributed by atoms with Crippen LogP contribution in [0.4, 0.5) is 5.69 Å². The van der Waals surface area contributed by atoms with Gasteiger partial charge in [0.15, 0.2) is 0 Å². The first-order chi connectivity index (χ1) is 10.8. The Hall–Kier alpha value is -1.63. The zero-order chi connectivity index (χ0) is 17.4. The van der Waals surface area contributed by atoms with Gasteiger partial charge in [-0.05, 0) is 24.7 Å². The first-order valence-corrected chi connectivity index (χ1v) is 7.69. The maximum atomic E-state index is 12.2. The molecule has 0 aliphatic carbocycles. The summed E-state index contributed by atoms with van der Waals surface area (Å²) in [5, 5.41) is 9.68. The molecule has 0 aliphatic heterocycles. The van der Waals surface area contributed by atoms with Crippen LogP contribution in [0.3, 0.4) is 0 Å². The highest BCUT2D eigenvalue weighted by molar-refractivity contribution is 5.78. The van der Waals surface area contributed by atoms with Crippen LogP contribution in [-0.4, -0.2) is 81.9 Å². The van der Waals surface area contributed by atoms with Crippen LogP contribution < -0.4 is 4.90 Å². The Morgan fingerprint density at radius 3 is 2.30 bits per heavy atom. The van der Waals surface area contributed by atoms with Crippen molar-refractivity contribution in [3.05, 3.63) is 29.8 Å². The second-order valence-corrected chi connectivity index (χ2v) is 6.12. The summed E-state index contributed by atoms with van der Waals surface area (Å²) in [4.78, 5) is 17.8. The van der Waals surface area contributed by atoms with Crippen molar-refractivity contribution >= 4 is 11.6 Å². The molecule has 1 amide bonds. The van der Waals surface area contributed by atoms with Gasteiger partial charge in [0.1, 0.15) is 0 Å². The summed E-state index contributed by atoms with van der Waals surface area (Å²) in [6, 6.07) is 8.15. The van der Waals surface area contributed by atoms with Crippen LogP contribution in [0, 0.1) is 0 Å². The van der Waals surface area contributed by atoms with Gasteiger partial charge in [-0.1, -0.05) is 12.1 Å². The summed E-state index contributed by atoms with van der Waals surface area (Å²) in [5.74, 6) is 0.0220. The molecule has 0 bridgehead atoms. The fourth-order valence-electron chi connectivity index (χ4n) is 2.28. The molecule has 1 N–H and O–H groups in total. The van der Waals surface area contributed by atoms with Crippen LogP contribution >= 0.6 is 0 Å². The van der Waals surface area contributed by atoms with Crippen LogP contribution in [0.25, 0.3) is 0 Å². The van der Waals surface area contributed by atoms with Crippen molar-refractivity contribution in [3.63, 3.8) is 0 Å². The Kier molecular flexibility index (Phi) is 8.02.